The number of nitrogen functional groups attached to an aromatic ring is 1. The Balaban J connectivity index is 2.53. The van der Waals surface area contributed by atoms with Gasteiger partial charge in [0.05, 0.1) is 7.11 Å². The van der Waals surface area contributed by atoms with E-state index in [1.54, 1.807) is 30.5 Å². The van der Waals surface area contributed by atoms with E-state index in [0.717, 1.165) is 5.56 Å². The summed E-state index contributed by atoms with van der Waals surface area (Å²) in [6, 6.07) is 6.88. The second-order valence-corrected chi connectivity index (χ2v) is 4.65. The van der Waals surface area contributed by atoms with Crippen LogP contribution in [0, 0.1) is 6.92 Å². The summed E-state index contributed by atoms with van der Waals surface area (Å²) in [5.41, 5.74) is 7.91. The molecule has 0 spiro atoms. The SMILES string of the molecule is COc1cc(Cl)ccc1C(O)c1c(C)ccnc1N. The van der Waals surface area contributed by atoms with Crippen molar-refractivity contribution in [2.45, 2.75) is 13.0 Å². The average molecular weight is 279 g/mol. The molecule has 4 nitrogen and oxygen atoms in total. The number of aliphatic hydroxyl groups is 1. The van der Waals surface area contributed by atoms with Gasteiger partial charge >= 0.3 is 0 Å². The van der Waals surface area contributed by atoms with Crippen LogP contribution in [0.2, 0.25) is 5.02 Å². The van der Waals surface area contributed by atoms with Crippen LogP contribution in [0.5, 0.6) is 5.75 Å². The Kier molecular flexibility index (Phi) is 3.93. The molecule has 2 rings (SSSR count). The number of nitrogens with zero attached hydrogens (tertiary/aromatic N) is 1. The quantitative estimate of drug-likeness (QED) is 0.906. The fourth-order valence-corrected chi connectivity index (χ4v) is 2.17. The summed E-state index contributed by atoms with van der Waals surface area (Å²) in [6.07, 6.45) is 0.709. The number of hydrogen-bond donors (Lipinski definition) is 2. The molecule has 19 heavy (non-hydrogen) atoms. The van der Waals surface area contributed by atoms with Crippen molar-refractivity contribution >= 4 is 17.4 Å². The molecule has 5 heteroatoms. The largest absolute Gasteiger partial charge is 0.496 e. The van der Waals surface area contributed by atoms with Gasteiger partial charge in [0.2, 0.25) is 0 Å². The first-order valence-electron chi connectivity index (χ1n) is 5.77. The molecule has 0 aliphatic rings. The van der Waals surface area contributed by atoms with Gasteiger partial charge in [-0.2, -0.15) is 0 Å². The molecule has 0 bridgehead atoms. The van der Waals surface area contributed by atoms with E-state index in [-0.39, 0.29) is 0 Å². The molecule has 3 N–H and O–H groups in total. The Hall–Kier alpha value is -1.78. The molecule has 0 amide bonds. The van der Waals surface area contributed by atoms with E-state index in [1.807, 2.05) is 6.92 Å². The lowest BCUT2D eigenvalue weighted by Gasteiger charge is -2.18. The van der Waals surface area contributed by atoms with Gasteiger partial charge in [0.25, 0.3) is 0 Å². The molecular weight excluding hydrogens is 264 g/mol. The number of hydrogen-bond acceptors (Lipinski definition) is 4. The molecule has 1 heterocycles. The van der Waals surface area contributed by atoms with E-state index >= 15 is 0 Å². The average Bonchev–Trinajstić information content (AvgIpc) is 2.38. The lowest BCUT2D eigenvalue weighted by atomic mass is 9.97. The van der Waals surface area contributed by atoms with E-state index in [2.05, 4.69) is 4.98 Å². The molecule has 0 fully saturated rings. The van der Waals surface area contributed by atoms with Crippen LogP contribution in [0.15, 0.2) is 30.5 Å². The molecule has 0 aliphatic heterocycles. The molecule has 1 aromatic heterocycles. The molecule has 0 saturated carbocycles. The van der Waals surface area contributed by atoms with Gasteiger partial charge in [-0.15, -0.1) is 0 Å². The Morgan fingerprint density at radius 3 is 2.74 bits per heavy atom. The zero-order chi connectivity index (χ0) is 14.0. The van der Waals surface area contributed by atoms with Crippen molar-refractivity contribution in [3.63, 3.8) is 0 Å². The van der Waals surface area contributed by atoms with Crippen LogP contribution in [0.1, 0.15) is 22.8 Å². The van der Waals surface area contributed by atoms with Crippen LogP contribution in [0.3, 0.4) is 0 Å². The van der Waals surface area contributed by atoms with Gasteiger partial charge in [0.15, 0.2) is 0 Å². The molecule has 1 atom stereocenters. The molecule has 100 valence electrons. The highest BCUT2D eigenvalue weighted by Crippen LogP contribution is 2.35. The number of rotatable bonds is 3. The minimum absolute atomic E-state index is 0.310. The topological polar surface area (TPSA) is 68.4 Å². The Morgan fingerprint density at radius 2 is 2.11 bits per heavy atom. The van der Waals surface area contributed by atoms with Gasteiger partial charge in [0.1, 0.15) is 17.7 Å². The number of anilines is 1. The molecule has 0 aliphatic carbocycles. The van der Waals surface area contributed by atoms with Crippen molar-refractivity contribution in [2.24, 2.45) is 0 Å². The maximum absolute atomic E-state index is 10.5. The second kappa shape index (κ2) is 5.47. The predicted octanol–water partition coefficient (Wildman–Crippen LogP) is 2.72. The van der Waals surface area contributed by atoms with Gasteiger partial charge in [0, 0.05) is 22.3 Å². The minimum atomic E-state index is -0.902. The smallest absolute Gasteiger partial charge is 0.129 e. The third kappa shape index (κ3) is 2.64. The van der Waals surface area contributed by atoms with Crippen LogP contribution in [-0.2, 0) is 0 Å². The number of pyridine rings is 1. The summed E-state index contributed by atoms with van der Waals surface area (Å²) in [6.45, 7) is 1.87. The van der Waals surface area contributed by atoms with Crippen LogP contribution in [0.4, 0.5) is 5.82 Å². The van der Waals surface area contributed by atoms with E-state index in [0.29, 0.717) is 27.7 Å². The lowest BCUT2D eigenvalue weighted by Crippen LogP contribution is -2.08. The number of nitrogens with two attached hydrogens (primary N) is 1. The summed E-state index contributed by atoms with van der Waals surface area (Å²) in [5, 5.41) is 11.1. The van der Waals surface area contributed by atoms with Crippen molar-refractivity contribution in [1.82, 2.24) is 4.98 Å². The molecule has 0 saturated heterocycles. The van der Waals surface area contributed by atoms with Gasteiger partial charge < -0.3 is 15.6 Å². The first-order chi connectivity index (χ1) is 9.04. The normalized spacial score (nSPS) is 12.2. The van der Waals surface area contributed by atoms with Crippen molar-refractivity contribution in [2.75, 3.05) is 12.8 Å². The fraction of sp³-hybridized carbons (Fsp3) is 0.214. The van der Waals surface area contributed by atoms with Crippen LogP contribution in [0.25, 0.3) is 0 Å². The zero-order valence-corrected chi connectivity index (χ0v) is 11.5. The van der Waals surface area contributed by atoms with Crippen molar-refractivity contribution in [3.05, 3.63) is 52.2 Å². The number of ether oxygens (including phenoxy) is 1. The summed E-state index contributed by atoms with van der Waals surface area (Å²) in [5.74, 6) is 0.826. The van der Waals surface area contributed by atoms with Crippen LogP contribution in [-0.4, -0.2) is 17.2 Å². The summed E-state index contributed by atoms with van der Waals surface area (Å²) >= 11 is 5.91. The molecule has 2 aromatic rings. The third-order valence-corrected chi connectivity index (χ3v) is 3.24. The zero-order valence-electron chi connectivity index (χ0n) is 10.7. The Morgan fingerprint density at radius 1 is 1.37 bits per heavy atom. The van der Waals surface area contributed by atoms with Gasteiger partial charge in [-0.05, 0) is 30.7 Å². The van der Waals surface area contributed by atoms with Crippen molar-refractivity contribution < 1.29 is 9.84 Å². The van der Waals surface area contributed by atoms with Gasteiger partial charge in [-0.3, -0.25) is 0 Å². The number of halogens is 1. The minimum Gasteiger partial charge on any atom is -0.496 e. The highest BCUT2D eigenvalue weighted by Gasteiger charge is 2.20. The molecule has 1 aromatic carbocycles. The molecule has 1 unspecified atom stereocenters. The first kappa shape index (κ1) is 13.6. The standard InChI is InChI=1S/C14H15ClN2O2/c1-8-5-6-17-14(16)12(8)13(18)10-4-3-9(15)7-11(10)19-2/h3-7,13,18H,1-2H3,(H2,16,17). The number of aromatic nitrogens is 1. The van der Waals surface area contributed by atoms with E-state index in [1.165, 1.54) is 7.11 Å². The van der Waals surface area contributed by atoms with Crippen LogP contribution < -0.4 is 10.5 Å². The van der Waals surface area contributed by atoms with Gasteiger partial charge in [-0.25, -0.2) is 4.98 Å². The van der Waals surface area contributed by atoms with Crippen molar-refractivity contribution in [1.29, 1.82) is 0 Å². The summed E-state index contributed by atoms with van der Waals surface area (Å²) in [7, 11) is 1.53. The summed E-state index contributed by atoms with van der Waals surface area (Å²) in [4.78, 5) is 4.01. The maximum atomic E-state index is 10.5. The highest BCUT2D eigenvalue weighted by atomic mass is 35.5. The third-order valence-electron chi connectivity index (χ3n) is 3.00. The van der Waals surface area contributed by atoms with Crippen LogP contribution >= 0.6 is 11.6 Å². The predicted molar refractivity (Wildman–Crippen MR) is 75.5 cm³/mol. The number of aliphatic hydroxyl groups excluding tert-OH is 1. The Bertz CT molecular complexity index is 582. The van der Waals surface area contributed by atoms with Gasteiger partial charge in [-0.1, -0.05) is 17.7 Å². The van der Waals surface area contributed by atoms with E-state index in [9.17, 15) is 5.11 Å². The van der Waals surface area contributed by atoms with Crippen molar-refractivity contribution in [3.8, 4) is 5.75 Å². The Labute approximate surface area is 116 Å². The first-order valence-corrected chi connectivity index (χ1v) is 6.15. The second-order valence-electron chi connectivity index (χ2n) is 4.22. The number of methoxy groups -OCH3 is 1. The highest BCUT2D eigenvalue weighted by molar-refractivity contribution is 6.30. The summed E-state index contributed by atoms with van der Waals surface area (Å²) < 4.78 is 5.24. The lowest BCUT2D eigenvalue weighted by molar-refractivity contribution is 0.214. The van der Waals surface area contributed by atoms with E-state index < -0.39 is 6.10 Å². The fourth-order valence-electron chi connectivity index (χ4n) is 2.01. The molecular formula is C14H15ClN2O2. The van der Waals surface area contributed by atoms with E-state index in [4.69, 9.17) is 22.1 Å². The monoisotopic (exact) mass is 278 g/mol. The number of benzene rings is 1. The number of aryl methyl sites for hydroxylation is 1. The molecule has 0 radical (unpaired) electrons. The maximum Gasteiger partial charge on any atom is 0.129 e.